The molecule has 3 rings (SSSR count). The largest absolute Gasteiger partial charge is 0.411 e. The minimum Gasteiger partial charge on any atom is -0.381 e. The Bertz CT molecular complexity index is 1160. The Labute approximate surface area is 190 Å². The third-order valence-corrected chi connectivity index (χ3v) is 5.96. The smallest absolute Gasteiger partial charge is 0.381 e. The van der Waals surface area contributed by atoms with E-state index in [9.17, 15) is 18.0 Å². The number of pyridine rings is 1. The van der Waals surface area contributed by atoms with Gasteiger partial charge in [0.15, 0.2) is 0 Å². The molecule has 0 aliphatic heterocycles. The Morgan fingerprint density at radius 3 is 2.67 bits per heavy atom. The second-order valence-corrected chi connectivity index (χ2v) is 8.49. The van der Waals surface area contributed by atoms with Crippen molar-refractivity contribution in [1.82, 2.24) is 14.1 Å². The molecule has 2 heterocycles. The van der Waals surface area contributed by atoms with Gasteiger partial charge in [0.1, 0.15) is 12.4 Å². The Morgan fingerprint density at radius 2 is 2.06 bits per heavy atom. The molecule has 0 atom stereocenters. The van der Waals surface area contributed by atoms with Crippen molar-refractivity contribution in [2.45, 2.75) is 51.4 Å². The minimum absolute atomic E-state index is 0.0402. The monoisotopic (exact) mass is 465 g/mol. The molecule has 0 spiro atoms. The molecule has 33 heavy (non-hydrogen) atoms. The highest BCUT2D eigenvalue weighted by Gasteiger charge is 2.33. The summed E-state index contributed by atoms with van der Waals surface area (Å²) >= 11 is 0. The summed E-state index contributed by atoms with van der Waals surface area (Å²) < 4.78 is 50.8. The van der Waals surface area contributed by atoms with E-state index in [1.54, 1.807) is 31.8 Å². The fourth-order valence-electron chi connectivity index (χ4n) is 3.93. The lowest BCUT2D eigenvalue weighted by Gasteiger charge is -2.33. The lowest BCUT2D eigenvalue weighted by atomic mass is 9.81. The summed E-state index contributed by atoms with van der Waals surface area (Å²) in [6, 6.07) is 1.84. The van der Waals surface area contributed by atoms with E-state index in [0.717, 1.165) is 29.8 Å². The SMILES string of the molecule is C=c1/c(=C\C=C(/C)c2cc(C)c(=O)n(C)c2)nc(C2CC(OC)C2)n1CCOCC(F)(F)F. The second-order valence-electron chi connectivity index (χ2n) is 8.49. The van der Waals surface area contributed by atoms with Crippen LogP contribution < -0.4 is 16.3 Å². The number of hydrogen-bond acceptors (Lipinski definition) is 4. The second kappa shape index (κ2) is 10.1. The van der Waals surface area contributed by atoms with Gasteiger partial charge in [0, 0.05) is 38.4 Å². The number of hydrogen-bond donors (Lipinski definition) is 0. The van der Waals surface area contributed by atoms with Crippen LogP contribution >= 0.6 is 0 Å². The molecule has 0 unspecified atom stereocenters. The number of aryl methyl sites for hydroxylation is 2. The third-order valence-electron chi connectivity index (χ3n) is 5.96. The molecule has 0 aromatic carbocycles. The molecule has 180 valence electrons. The number of alkyl halides is 3. The fraction of sp³-hybridized carbons (Fsp3) is 0.500. The van der Waals surface area contributed by atoms with Crippen LogP contribution in [0.25, 0.3) is 18.2 Å². The van der Waals surface area contributed by atoms with Crippen molar-refractivity contribution in [2.24, 2.45) is 7.05 Å². The highest BCUT2D eigenvalue weighted by molar-refractivity contribution is 5.69. The van der Waals surface area contributed by atoms with Crippen LogP contribution in [-0.4, -0.2) is 46.7 Å². The molecular weight excluding hydrogens is 435 g/mol. The van der Waals surface area contributed by atoms with Crippen molar-refractivity contribution in [3.05, 3.63) is 56.3 Å². The van der Waals surface area contributed by atoms with Gasteiger partial charge in [0.25, 0.3) is 5.56 Å². The first-order valence-electron chi connectivity index (χ1n) is 10.8. The molecule has 2 aromatic rings. The first-order chi connectivity index (χ1) is 15.5. The van der Waals surface area contributed by atoms with E-state index in [-0.39, 0.29) is 30.7 Å². The van der Waals surface area contributed by atoms with Gasteiger partial charge in [-0.25, -0.2) is 4.98 Å². The van der Waals surface area contributed by atoms with Crippen molar-refractivity contribution < 1.29 is 22.6 Å². The molecule has 0 bridgehead atoms. The normalized spacial score (nSPS) is 19.7. The van der Waals surface area contributed by atoms with Crippen LogP contribution in [0.2, 0.25) is 0 Å². The number of halogens is 3. The van der Waals surface area contributed by atoms with E-state index in [0.29, 0.717) is 16.3 Å². The lowest BCUT2D eigenvalue weighted by Crippen LogP contribution is -2.33. The highest BCUT2D eigenvalue weighted by Crippen LogP contribution is 2.36. The number of aromatic nitrogens is 3. The van der Waals surface area contributed by atoms with Crippen LogP contribution in [0.15, 0.2) is 23.1 Å². The van der Waals surface area contributed by atoms with Gasteiger partial charge in [-0.05, 0) is 50.0 Å². The Balaban J connectivity index is 1.89. The quantitative estimate of drug-likeness (QED) is 0.563. The van der Waals surface area contributed by atoms with Crippen LogP contribution in [-0.2, 0) is 23.1 Å². The molecule has 2 aromatic heterocycles. The summed E-state index contributed by atoms with van der Waals surface area (Å²) in [6.07, 6.45) is 2.96. The van der Waals surface area contributed by atoms with E-state index in [4.69, 9.17) is 14.5 Å². The van der Waals surface area contributed by atoms with E-state index in [1.807, 2.05) is 29.7 Å². The van der Waals surface area contributed by atoms with E-state index in [2.05, 4.69) is 6.58 Å². The van der Waals surface area contributed by atoms with Gasteiger partial charge in [0.2, 0.25) is 0 Å². The zero-order valence-corrected chi connectivity index (χ0v) is 19.4. The van der Waals surface area contributed by atoms with E-state index < -0.39 is 12.8 Å². The molecule has 1 aliphatic rings. The Kier molecular flexibility index (Phi) is 7.64. The van der Waals surface area contributed by atoms with Crippen LogP contribution in [0.3, 0.4) is 0 Å². The van der Waals surface area contributed by atoms with Crippen molar-refractivity contribution in [1.29, 1.82) is 0 Å². The number of nitrogens with zero attached hydrogens (tertiary/aromatic N) is 3. The van der Waals surface area contributed by atoms with Gasteiger partial charge in [-0.2, -0.15) is 13.2 Å². The Hall–Kier alpha value is -2.65. The summed E-state index contributed by atoms with van der Waals surface area (Å²) in [5.74, 6) is 0.954. The molecule has 1 saturated carbocycles. The van der Waals surface area contributed by atoms with Crippen molar-refractivity contribution >= 4 is 18.2 Å². The summed E-state index contributed by atoms with van der Waals surface area (Å²) in [7, 11) is 3.38. The van der Waals surface area contributed by atoms with E-state index in [1.165, 1.54) is 0 Å². The fourth-order valence-corrected chi connectivity index (χ4v) is 3.93. The van der Waals surface area contributed by atoms with Gasteiger partial charge in [-0.1, -0.05) is 12.7 Å². The molecule has 1 fully saturated rings. The van der Waals surface area contributed by atoms with Gasteiger partial charge in [0.05, 0.1) is 23.4 Å². The molecular formula is C24H30F3N3O3. The average molecular weight is 466 g/mol. The summed E-state index contributed by atoms with van der Waals surface area (Å²) in [5.41, 5.74) is 2.48. The topological polar surface area (TPSA) is 58.3 Å². The van der Waals surface area contributed by atoms with Crippen LogP contribution in [0.1, 0.15) is 42.6 Å². The molecule has 0 saturated heterocycles. The molecule has 6 nitrogen and oxygen atoms in total. The molecule has 0 amide bonds. The number of ether oxygens (including phenoxy) is 2. The first-order valence-corrected chi connectivity index (χ1v) is 10.8. The van der Waals surface area contributed by atoms with Crippen molar-refractivity contribution in [3.63, 3.8) is 0 Å². The lowest BCUT2D eigenvalue weighted by molar-refractivity contribution is -0.174. The standard InChI is InChI=1S/C24H30F3N3O3/c1-15(19-10-16(2)23(31)29(4)13-19)6-7-21-17(3)30(8-9-33-14-24(25,26)27)22(28-21)18-11-20(12-18)32-5/h6-7,10,13,18,20H,3,8-9,11-12,14H2,1-2,4-5H3/b15-6+,21-7+. The van der Waals surface area contributed by atoms with Gasteiger partial charge < -0.3 is 18.6 Å². The van der Waals surface area contributed by atoms with Gasteiger partial charge in [-0.15, -0.1) is 0 Å². The van der Waals surface area contributed by atoms with E-state index >= 15 is 0 Å². The molecule has 1 aliphatic carbocycles. The van der Waals surface area contributed by atoms with Crippen molar-refractivity contribution in [3.8, 4) is 0 Å². The minimum atomic E-state index is -4.36. The zero-order chi connectivity index (χ0) is 24.3. The summed E-state index contributed by atoms with van der Waals surface area (Å²) in [6.45, 7) is 6.71. The van der Waals surface area contributed by atoms with Gasteiger partial charge in [-0.3, -0.25) is 4.79 Å². The number of imidazole rings is 1. The van der Waals surface area contributed by atoms with Crippen molar-refractivity contribution in [2.75, 3.05) is 20.3 Å². The molecule has 0 radical (unpaired) electrons. The van der Waals surface area contributed by atoms with Gasteiger partial charge >= 0.3 is 6.18 Å². The number of rotatable bonds is 8. The molecule has 9 heteroatoms. The summed E-state index contributed by atoms with van der Waals surface area (Å²) in [4.78, 5) is 16.7. The summed E-state index contributed by atoms with van der Waals surface area (Å²) in [5, 5.41) is 1.28. The number of allylic oxidation sites excluding steroid dienone is 2. The maximum atomic E-state index is 12.4. The maximum Gasteiger partial charge on any atom is 0.411 e. The Morgan fingerprint density at radius 1 is 1.36 bits per heavy atom. The highest BCUT2D eigenvalue weighted by atomic mass is 19.4. The van der Waals surface area contributed by atoms with Crippen LogP contribution in [0.4, 0.5) is 13.2 Å². The zero-order valence-electron chi connectivity index (χ0n) is 19.4. The average Bonchev–Trinajstić information content (AvgIpc) is 3.01. The van der Waals surface area contributed by atoms with Crippen LogP contribution in [0.5, 0.6) is 0 Å². The van der Waals surface area contributed by atoms with Crippen LogP contribution in [0, 0.1) is 6.92 Å². The predicted octanol–water partition coefficient (Wildman–Crippen LogP) is 2.66. The third kappa shape index (κ3) is 6.03. The maximum absolute atomic E-state index is 12.4. The first kappa shape index (κ1) is 25.0. The predicted molar refractivity (Wildman–Crippen MR) is 121 cm³/mol. The molecule has 0 N–H and O–H groups in total. The number of methoxy groups -OCH3 is 1.